The molecule has 5 heteroatoms. The number of hydrogen-bond acceptors (Lipinski definition) is 3. The van der Waals surface area contributed by atoms with Crippen molar-refractivity contribution >= 4 is 11.9 Å². The summed E-state index contributed by atoms with van der Waals surface area (Å²) in [4.78, 5) is 15.5. The number of nitrogens with zero attached hydrogens (tertiary/aromatic N) is 2. The standard InChI is InChI=1S/C11H17N3O2/c1-9-3-4-10(16-9)13(2)11(15)14-7-5-12-6-8-14/h3-4,12H,5-8H2,1-2H3. The molecule has 0 aliphatic carbocycles. The van der Waals surface area contributed by atoms with Crippen molar-refractivity contribution in [2.24, 2.45) is 0 Å². The molecule has 0 spiro atoms. The number of anilines is 1. The Morgan fingerprint density at radius 1 is 1.44 bits per heavy atom. The summed E-state index contributed by atoms with van der Waals surface area (Å²) < 4.78 is 5.42. The summed E-state index contributed by atoms with van der Waals surface area (Å²) in [6.45, 7) is 5.09. The molecule has 0 bridgehead atoms. The maximum atomic E-state index is 12.1. The van der Waals surface area contributed by atoms with E-state index in [4.69, 9.17) is 4.42 Å². The molecule has 2 heterocycles. The van der Waals surface area contributed by atoms with E-state index in [2.05, 4.69) is 5.32 Å². The molecule has 5 nitrogen and oxygen atoms in total. The summed E-state index contributed by atoms with van der Waals surface area (Å²) in [5.41, 5.74) is 0. The molecule has 0 radical (unpaired) electrons. The van der Waals surface area contributed by atoms with E-state index in [1.54, 1.807) is 11.9 Å². The first kappa shape index (κ1) is 11.0. The first-order valence-corrected chi connectivity index (χ1v) is 5.48. The van der Waals surface area contributed by atoms with Crippen LogP contribution in [0.3, 0.4) is 0 Å². The largest absolute Gasteiger partial charge is 0.445 e. The van der Waals surface area contributed by atoms with Gasteiger partial charge >= 0.3 is 6.03 Å². The quantitative estimate of drug-likeness (QED) is 0.774. The monoisotopic (exact) mass is 223 g/mol. The van der Waals surface area contributed by atoms with E-state index in [1.165, 1.54) is 0 Å². The third kappa shape index (κ3) is 2.19. The predicted octanol–water partition coefficient (Wildman–Crippen LogP) is 1.05. The number of furan rings is 1. The fourth-order valence-corrected chi connectivity index (χ4v) is 1.76. The summed E-state index contributed by atoms with van der Waals surface area (Å²) in [5, 5.41) is 3.22. The zero-order valence-electron chi connectivity index (χ0n) is 9.69. The van der Waals surface area contributed by atoms with Gasteiger partial charge in [0, 0.05) is 39.3 Å². The van der Waals surface area contributed by atoms with Gasteiger partial charge in [-0.3, -0.25) is 4.90 Å². The molecule has 2 amide bonds. The van der Waals surface area contributed by atoms with Crippen molar-refractivity contribution in [2.75, 3.05) is 38.1 Å². The second-order valence-corrected chi connectivity index (χ2v) is 3.96. The van der Waals surface area contributed by atoms with Crippen molar-refractivity contribution < 1.29 is 9.21 Å². The van der Waals surface area contributed by atoms with E-state index in [1.807, 2.05) is 24.0 Å². The summed E-state index contributed by atoms with van der Waals surface area (Å²) in [6.07, 6.45) is 0. The highest BCUT2D eigenvalue weighted by Gasteiger charge is 2.22. The molecule has 1 saturated heterocycles. The minimum atomic E-state index is -0.00384. The second-order valence-electron chi connectivity index (χ2n) is 3.96. The van der Waals surface area contributed by atoms with E-state index in [9.17, 15) is 4.79 Å². The smallest absolute Gasteiger partial charge is 0.326 e. The number of carbonyl (C=O) groups is 1. The average Bonchev–Trinajstić information content (AvgIpc) is 2.75. The van der Waals surface area contributed by atoms with Gasteiger partial charge in [0.2, 0.25) is 5.88 Å². The highest BCUT2D eigenvalue weighted by atomic mass is 16.4. The lowest BCUT2D eigenvalue weighted by molar-refractivity contribution is 0.197. The maximum absolute atomic E-state index is 12.1. The number of nitrogens with one attached hydrogen (secondary N) is 1. The highest BCUT2D eigenvalue weighted by Crippen LogP contribution is 2.17. The lowest BCUT2D eigenvalue weighted by Crippen LogP contribution is -2.50. The number of piperazine rings is 1. The van der Waals surface area contributed by atoms with Gasteiger partial charge in [-0.05, 0) is 13.0 Å². The van der Waals surface area contributed by atoms with Gasteiger partial charge in [0.05, 0.1) is 0 Å². The number of carbonyl (C=O) groups excluding carboxylic acids is 1. The third-order valence-corrected chi connectivity index (χ3v) is 2.73. The van der Waals surface area contributed by atoms with Gasteiger partial charge in [-0.15, -0.1) is 0 Å². The van der Waals surface area contributed by atoms with Crippen LogP contribution in [0.15, 0.2) is 16.5 Å². The van der Waals surface area contributed by atoms with Crippen molar-refractivity contribution in [2.45, 2.75) is 6.92 Å². The molecule has 1 aliphatic rings. The van der Waals surface area contributed by atoms with E-state index in [-0.39, 0.29) is 6.03 Å². The number of aryl methyl sites for hydroxylation is 1. The van der Waals surface area contributed by atoms with Crippen LogP contribution in [-0.4, -0.2) is 44.2 Å². The SMILES string of the molecule is Cc1ccc(N(C)C(=O)N2CCNCC2)o1. The maximum Gasteiger partial charge on any atom is 0.326 e. The van der Waals surface area contributed by atoms with E-state index >= 15 is 0 Å². The molecular formula is C11H17N3O2. The van der Waals surface area contributed by atoms with Gasteiger partial charge in [-0.2, -0.15) is 0 Å². The minimum absolute atomic E-state index is 0.00384. The molecule has 16 heavy (non-hydrogen) atoms. The van der Waals surface area contributed by atoms with Gasteiger partial charge in [0.1, 0.15) is 5.76 Å². The van der Waals surface area contributed by atoms with Gasteiger partial charge in [-0.1, -0.05) is 0 Å². The van der Waals surface area contributed by atoms with Crippen LogP contribution in [-0.2, 0) is 0 Å². The zero-order chi connectivity index (χ0) is 11.5. The van der Waals surface area contributed by atoms with Crippen LogP contribution >= 0.6 is 0 Å². The topological polar surface area (TPSA) is 48.7 Å². The lowest BCUT2D eigenvalue weighted by Gasteiger charge is -2.30. The predicted molar refractivity (Wildman–Crippen MR) is 61.7 cm³/mol. The van der Waals surface area contributed by atoms with Gasteiger partial charge < -0.3 is 14.6 Å². The molecule has 1 N–H and O–H groups in total. The molecule has 1 aromatic heterocycles. The molecule has 88 valence electrons. The van der Waals surface area contributed by atoms with E-state index in [0.29, 0.717) is 5.88 Å². The lowest BCUT2D eigenvalue weighted by atomic mass is 10.4. The summed E-state index contributed by atoms with van der Waals surface area (Å²) >= 11 is 0. The summed E-state index contributed by atoms with van der Waals surface area (Å²) in [7, 11) is 1.74. The molecule has 0 saturated carbocycles. The molecule has 0 unspecified atom stereocenters. The van der Waals surface area contributed by atoms with Crippen molar-refractivity contribution in [3.8, 4) is 0 Å². The molecule has 1 aliphatic heterocycles. The van der Waals surface area contributed by atoms with E-state index < -0.39 is 0 Å². The Labute approximate surface area is 95.0 Å². The fraction of sp³-hybridized carbons (Fsp3) is 0.545. The van der Waals surface area contributed by atoms with Crippen LogP contribution in [0.2, 0.25) is 0 Å². The first-order chi connectivity index (χ1) is 7.68. The van der Waals surface area contributed by atoms with Crippen molar-refractivity contribution in [3.63, 3.8) is 0 Å². The van der Waals surface area contributed by atoms with Crippen molar-refractivity contribution in [1.29, 1.82) is 0 Å². The van der Waals surface area contributed by atoms with Gasteiger partial charge in [0.15, 0.2) is 0 Å². The van der Waals surface area contributed by atoms with Gasteiger partial charge in [0.25, 0.3) is 0 Å². The number of hydrogen-bond donors (Lipinski definition) is 1. The Bertz CT molecular complexity index is 369. The van der Waals surface area contributed by atoms with Crippen LogP contribution in [0.5, 0.6) is 0 Å². The second kappa shape index (κ2) is 4.57. The summed E-state index contributed by atoms with van der Waals surface area (Å²) in [6, 6.07) is 3.67. The van der Waals surface area contributed by atoms with Crippen LogP contribution in [0.1, 0.15) is 5.76 Å². The Kier molecular flexibility index (Phi) is 3.14. The third-order valence-electron chi connectivity index (χ3n) is 2.73. The first-order valence-electron chi connectivity index (χ1n) is 5.48. The Hall–Kier alpha value is -1.49. The normalized spacial score (nSPS) is 16.2. The molecule has 1 aromatic rings. The fourth-order valence-electron chi connectivity index (χ4n) is 1.76. The number of rotatable bonds is 1. The molecule has 2 rings (SSSR count). The molecular weight excluding hydrogens is 206 g/mol. The van der Waals surface area contributed by atoms with Crippen LogP contribution in [0, 0.1) is 6.92 Å². The number of amides is 2. The Morgan fingerprint density at radius 2 is 2.12 bits per heavy atom. The van der Waals surface area contributed by atoms with Crippen molar-refractivity contribution in [1.82, 2.24) is 10.2 Å². The Morgan fingerprint density at radius 3 is 2.69 bits per heavy atom. The van der Waals surface area contributed by atoms with Crippen molar-refractivity contribution in [3.05, 3.63) is 17.9 Å². The van der Waals surface area contributed by atoms with Crippen LogP contribution in [0.25, 0.3) is 0 Å². The zero-order valence-corrected chi connectivity index (χ0v) is 9.69. The van der Waals surface area contributed by atoms with Crippen LogP contribution < -0.4 is 10.2 Å². The number of urea groups is 1. The summed E-state index contributed by atoms with van der Waals surface area (Å²) in [5.74, 6) is 1.41. The molecule has 0 atom stereocenters. The highest BCUT2D eigenvalue weighted by molar-refractivity contribution is 5.90. The molecule has 1 fully saturated rings. The van der Waals surface area contributed by atoms with Crippen LogP contribution in [0.4, 0.5) is 10.7 Å². The van der Waals surface area contributed by atoms with E-state index in [0.717, 1.165) is 31.9 Å². The molecule has 0 aromatic carbocycles. The van der Waals surface area contributed by atoms with Gasteiger partial charge in [-0.25, -0.2) is 4.79 Å². The Balaban J connectivity index is 2.03. The average molecular weight is 223 g/mol. The minimum Gasteiger partial charge on any atom is -0.445 e.